The first-order valence-electron chi connectivity index (χ1n) is 4.52. The molecule has 72 valence electrons. The molecule has 3 heteroatoms. The molecule has 0 bridgehead atoms. The van der Waals surface area contributed by atoms with Crippen LogP contribution in [0.15, 0.2) is 31.2 Å². The lowest BCUT2D eigenvalue weighted by atomic mass is 10.0. The summed E-state index contributed by atoms with van der Waals surface area (Å²) in [7, 11) is 0. The van der Waals surface area contributed by atoms with Gasteiger partial charge in [-0.25, -0.2) is 9.97 Å². The Morgan fingerprint density at radius 3 is 2.93 bits per heavy atom. The second kappa shape index (κ2) is 3.50. The molecule has 0 N–H and O–H groups in total. The van der Waals surface area contributed by atoms with Crippen LogP contribution in [0, 0.1) is 11.3 Å². The van der Waals surface area contributed by atoms with Crippen molar-refractivity contribution < 1.29 is 0 Å². The van der Waals surface area contributed by atoms with Crippen molar-refractivity contribution in [3.05, 3.63) is 42.4 Å². The predicted octanol–water partition coefficient (Wildman–Crippen LogP) is 2.53. The molecular weight excluding hydrogens is 186 g/mol. The summed E-state index contributed by atoms with van der Waals surface area (Å²) in [4.78, 5) is 8.09. The summed E-state index contributed by atoms with van der Waals surface area (Å²) in [5, 5.41) is 9.81. The van der Waals surface area contributed by atoms with Gasteiger partial charge in [-0.2, -0.15) is 5.26 Å². The third-order valence-electron chi connectivity index (χ3n) is 2.25. The van der Waals surface area contributed by atoms with Crippen LogP contribution in [0.3, 0.4) is 0 Å². The smallest absolute Gasteiger partial charge is 0.116 e. The summed E-state index contributed by atoms with van der Waals surface area (Å²) in [5.74, 6) is 0. The van der Waals surface area contributed by atoms with Gasteiger partial charge >= 0.3 is 0 Å². The van der Waals surface area contributed by atoms with Gasteiger partial charge in [-0.3, -0.25) is 0 Å². The van der Waals surface area contributed by atoms with E-state index in [0.717, 1.165) is 16.5 Å². The third-order valence-corrected chi connectivity index (χ3v) is 2.25. The van der Waals surface area contributed by atoms with Crippen molar-refractivity contribution in [1.82, 2.24) is 9.97 Å². The van der Waals surface area contributed by atoms with E-state index in [1.807, 2.05) is 13.0 Å². The number of aromatic nitrogens is 2. The van der Waals surface area contributed by atoms with Gasteiger partial charge < -0.3 is 0 Å². The Morgan fingerprint density at radius 1 is 1.47 bits per heavy atom. The normalized spacial score (nSPS) is 9.87. The standard InChI is InChI=1S/C12H9N3/c1-8(2)10-4-3-9(5-13)12-11(10)6-14-7-15-12/h3-4,6-7H,1H2,2H3. The molecule has 0 aliphatic rings. The highest BCUT2D eigenvalue weighted by Gasteiger charge is 2.06. The molecular formula is C12H9N3. The summed E-state index contributed by atoms with van der Waals surface area (Å²) < 4.78 is 0. The van der Waals surface area contributed by atoms with Crippen LogP contribution in [-0.4, -0.2) is 9.97 Å². The van der Waals surface area contributed by atoms with Gasteiger partial charge in [0.1, 0.15) is 12.4 Å². The molecule has 0 amide bonds. The fourth-order valence-corrected chi connectivity index (χ4v) is 1.54. The highest BCUT2D eigenvalue weighted by molar-refractivity contribution is 5.93. The first-order chi connectivity index (χ1) is 7.24. The molecule has 0 saturated heterocycles. The summed E-state index contributed by atoms with van der Waals surface area (Å²) in [5.41, 5.74) is 3.19. The van der Waals surface area contributed by atoms with Crippen LogP contribution in [0.4, 0.5) is 0 Å². The maximum absolute atomic E-state index is 8.93. The lowest BCUT2D eigenvalue weighted by Gasteiger charge is -2.05. The maximum Gasteiger partial charge on any atom is 0.116 e. The van der Waals surface area contributed by atoms with Crippen molar-refractivity contribution in [2.75, 3.05) is 0 Å². The molecule has 0 spiro atoms. The molecule has 15 heavy (non-hydrogen) atoms. The van der Waals surface area contributed by atoms with E-state index in [9.17, 15) is 0 Å². The van der Waals surface area contributed by atoms with Crippen LogP contribution in [0.25, 0.3) is 16.5 Å². The zero-order valence-corrected chi connectivity index (χ0v) is 8.36. The zero-order valence-electron chi connectivity index (χ0n) is 8.36. The highest BCUT2D eigenvalue weighted by Crippen LogP contribution is 2.24. The molecule has 1 heterocycles. The number of nitriles is 1. The van der Waals surface area contributed by atoms with Crippen LogP contribution < -0.4 is 0 Å². The van der Waals surface area contributed by atoms with Crippen molar-refractivity contribution in [3.63, 3.8) is 0 Å². The van der Waals surface area contributed by atoms with Crippen LogP contribution in [-0.2, 0) is 0 Å². The Hall–Kier alpha value is -2.21. The van der Waals surface area contributed by atoms with Gasteiger partial charge in [-0.15, -0.1) is 0 Å². The number of benzene rings is 1. The zero-order chi connectivity index (χ0) is 10.8. The molecule has 0 radical (unpaired) electrons. The van der Waals surface area contributed by atoms with E-state index in [4.69, 9.17) is 5.26 Å². The molecule has 0 aliphatic heterocycles. The maximum atomic E-state index is 8.93. The molecule has 2 aromatic rings. The molecule has 0 unspecified atom stereocenters. The summed E-state index contributed by atoms with van der Waals surface area (Å²) in [6.07, 6.45) is 3.17. The summed E-state index contributed by atoms with van der Waals surface area (Å²) in [6.45, 7) is 5.82. The third kappa shape index (κ3) is 1.46. The van der Waals surface area contributed by atoms with Gasteiger partial charge in [-0.1, -0.05) is 18.2 Å². The van der Waals surface area contributed by atoms with Gasteiger partial charge in [0.2, 0.25) is 0 Å². The first-order valence-corrected chi connectivity index (χ1v) is 4.52. The molecule has 0 aliphatic carbocycles. The summed E-state index contributed by atoms with van der Waals surface area (Å²) in [6, 6.07) is 5.76. The number of hydrogen-bond acceptors (Lipinski definition) is 3. The number of allylic oxidation sites excluding steroid dienone is 1. The molecule has 0 fully saturated rings. The van der Waals surface area contributed by atoms with Crippen LogP contribution >= 0.6 is 0 Å². The van der Waals surface area contributed by atoms with E-state index in [-0.39, 0.29) is 0 Å². The van der Waals surface area contributed by atoms with E-state index in [1.165, 1.54) is 6.33 Å². The van der Waals surface area contributed by atoms with Crippen molar-refractivity contribution in [3.8, 4) is 6.07 Å². The fraction of sp³-hybridized carbons (Fsp3) is 0.0833. The van der Waals surface area contributed by atoms with E-state index in [0.29, 0.717) is 11.1 Å². The van der Waals surface area contributed by atoms with Gasteiger partial charge in [0, 0.05) is 11.6 Å². The molecule has 1 aromatic carbocycles. The van der Waals surface area contributed by atoms with Crippen LogP contribution in [0.2, 0.25) is 0 Å². The van der Waals surface area contributed by atoms with Crippen LogP contribution in [0.5, 0.6) is 0 Å². The van der Waals surface area contributed by atoms with Crippen LogP contribution in [0.1, 0.15) is 18.1 Å². The lowest BCUT2D eigenvalue weighted by molar-refractivity contribution is 1.22. The van der Waals surface area contributed by atoms with Crippen molar-refractivity contribution in [2.24, 2.45) is 0 Å². The minimum absolute atomic E-state index is 0.567. The largest absolute Gasteiger partial charge is 0.244 e. The lowest BCUT2D eigenvalue weighted by Crippen LogP contribution is -1.90. The quantitative estimate of drug-likeness (QED) is 0.702. The Kier molecular flexibility index (Phi) is 2.18. The molecule has 0 saturated carbocycles. The minimum Gasteiger partial charge on any atom is -0.244 e. The van der Waals surface area contributed by atoms with E-state index >= 15 is 0 Å². The van der Waals surface area contributed by atoms with Gasteiger partial charge in [0.05, 0.1) is 11.1 Å². The average molecular weight is 195 g/mol. The Morgan fingerprint density at radius 2 is 2.27 bits per heavy atom. The molecule has 0 atom stereocenters. The molecule has 1 aromatic heterocycles. The van der Waals surface area contributed by atoms with E-state index < -0.39 is 0 Å². The highest BCUT2D eigenvalue weighted by atomic mass is 14.8. The Bertz CT molecular complexity index is 579. The van der Waals surface area contributed by atoms with E-state index in [1.54, 1.807) is 12.3 Å². The minimum atomic E-state index is 0.567. The van der Waals surface area contributed by atoms with E-state index in [2.05, 4.69) is 22.6 Å². The van der Waals surface area contributed by atoms with Crippen molar-refractivity contribution >= 4 is 16.5 Å². The second-order valence-corrected chi connectivity index (χ2v) is 3.34. The number of hydrogen-bond donors (Lipinski definition) is 0. The number of fused-ring (bicyclic) bond motifs is 1. The molecule has 3 nitrogen and oxygen atoms in total. The van der Waals surface area contributed by atoms with Crippen molar-refractivity contribution in [2.45, 2.75) is 6.92 Å². The van der Waals surface area contributed by atoms with Gasteiger partial charge in [-0.05, 0) is 18.6 Å². The second-order valence-electron chi connectivity index (χ2n) is 3.34. The Labute approximate surface area is 87.7 Å². The first kappa shape index (κ1) is 9.35. The Balaban J connectivity index is 2.91. The SMILES string of the molecule is C=C(C)c1ccc(C#N)c2ncncc12. The summed E-state index contributed by atoms with van der Waals surface area (Å²) >= 11 is 0. The van der Waals surface area contributed by atoms with Crippen molar-refractivity contribution in [1.29, 1.82) is 5.26 Å². The topological polar surface area (TPSA) is 49.6 Å². The molecule has 2 rings (SSSR count). The monoisotopic (exact) mass is 195 g/mol. The predicted molar refractivity (Wildman–Crippen MR) is 59.0 cm³/mol. The average Bonchev–Trinajstić information content (AvgIpc) is 2.27. The number of rotatable bonds is 1. The number of nitrogens with zero attached hydrogens (tertiary/aromatic N) is 3. The van der Waals surface area contributed by atoms with Gasteiger partial charge in [0.15, 0.2) is 0 Å². The van der Waals surface area contributed by atoms with Gasteiger partial charge in [0.25, 0.3) is 0 Å². The fourth-order valence-electron chi connectivity index (χ4n) is 1.54.